The van der Waals surface area contributed by atoms with E-state index < -0.39 is 0 Å². The van der Waals surface area contributed by atoms with Crippen molar-refractivity contribution < 1.29 is 4.79 Å². The Hall–Kier alpha value is -2.24. The number of aryl methyl sites for hydroxylation is 3. The second-order valence-corrected chi connectivity index (χ2v) is 7.72. The van der Waals surface area contributed by atoms with E-state index in [0.29, 0.717) is 0 Å². The van der Waals surface area contributed by atoms with Gasteiger partial charge in [-0.1, -0.05) is 23.8 Å². The average molecular weight is 369 g/mol. The van der Waals surface area contributed by atoms with E-state index in [1.807, 2.05) is 49.6 Å². The minimum atomic E-state index is -0.0615. The van der Waals surface area contributed by atoms with E-state index in [4.69, 9.17) is 0 Å². The minimum Gasteiger partial charge on any atom is -0.326 e. The molecule has 0 saturated heterocycles. The van der Waals surface area contributed by atoms with Crippen molar-refractivity contribution in [1.29, 1.82) is 0 Å². The van der Waals surface area contributed by atoms with Crippen molar-refractivity contribution in [1.82, 2.24) is 0 Å². The maximum absolute atomic E-state index is 12.5. The third-order valence-corrected chi connectivity index (χ3v) is 5.69. The van der Waals surface area contributed by atoms with Crippen LogP contribution < -0.4 is 10.0 Å². The lowest BCUT2D eigenvalue weighted by molar-refractivity contribution is 0.103. The number of carbonyl (C=O) groups excluding carboxylic acids is 1. The SMILES string of the molecule is Cc1ccc(NSc2cc(C)ccc2NC(=O)c2sccc2C)cc1. The highest BCUT2D eigenvalue weighted by atomic mass is 32.2. The van der Waals surface area contributed by atoms with Gasteiger partial charge < -0.3 is 10.0 Å². The van der Waals surface area contributed by atoms with Crippen molar-refractivity contribution >= 4 is 40.6 Å². The summed E-state index contributed by atoms with van der Waals surface area (Å²) in [5.41, 5.74) is 5.22. The summed E-state index contributed by atoms with van der Waals surface area (Å²) < 4.78 is 3.34. The summed E-state index contributed by atoms with van der Waals surface area (Å²) in [5.74, 6) is -0.0615. The number of thiophene rings is 1. The minimum absolute atomic E-state index is 0.0615. The fraction of sp³-hybridized carbons (Fsp3) is 0.150. The molecule has 0 aliphatic carbocycles. The molecule has 0 aliphatic rings. The Kier molecular flexibility index (Phi) is 5.46. The van der Waals surface area contributed by atoms with Crippen LogP contribution in [0.5, 0.6) is 0 Å². The Balaban J connectivity index is 1.77. The first-order chi connectivity index (χ1) is 12.0. The third-order valence-electron chi connectivity index (χ3n) is 3.78. The van der Waals surface area contributed by atoms with Gasteiger partial charge in [-0.05, 0) is 79.6 Å². The fourth-order valence-electron chi connectivity index (χ4n) is 2.34. The number of hydrogen-bond donors (Lipinski definition) is 2. The number of amides is 1. The highest BCUT2D eigenvalue weighted by molar-refractivity contribution is 8.00. The molecule has 5 heteroatoms. The maximum atomic E-state index is 12.5. The summed E-state index contributed by atoms with van der Waals surface area (Å²) in [6.07, 6.45) is 0. The van der Waals surface area contributed by atoms with Crippen molar-refractivity contribution in [2.24, 2.45) is 0 Å². The first-order valence-corrected chi connectivity index (χ1v) is 9.68. The van der Waals surface area contributed by atoms with Gasteiger partial charge in [0.1, 0.15) is 0 Å². The topological polar surface area (TPSA) is 41.1 Å². The summed E-state index contributed by atoms with van der Waals surface area (Å²) in [5, 5.41) is 4.98. The maximum Gasteiger partial charge on any atom is 0.266 e. The third kappa shape index (κ3) is 4.44. The molecule has 25 heavy (non-hydrogen) atoms. The lowest BCUT2D eigenvalue weighted by Crippen LogP contribution is -2.12. The fourth-order valence-corrected chi connectivity index (χ4v) is 4.00. The van der Waals surface area contributed by atoms with E-state index in [-0.39, 0.29) is 5.91 Å². The number of anilines is 2. The Morgan fingerprint density at radius 1 is 0.960 bits per heavy atom. The molecule has 3 rings (SSSR count). The molecule has 3 nitrogen and oxygen atoms in total. The lowest BCUT2D eigenvalue weighted by Gasteiger charge is -2.13. The van der Waals surface area contributed by atoms with Crippen molar-refractivity contribution in [3.8, 4) is 0 Å². The second-order valence-electron chi connectivity index (χ2n) is 5.96. The zero-order valence-corrected chi connectivity index (χ0v) is 16.1. The molecular weight excluding hydrogens is 348 g/mol. The van der Waals surface area contributed by atoms with E-state index >= 15 is 0 Å². The van der Waals surface area contributed by atoms with Crippen molar-refractivity contribution in [2.45, 2.75) is 25.7 Å². The van der Waals surface area contributed by atoms with Crippen LogP contribution in [-0.4, -0.2) is 5.91 Å². The van der Waals surface area contributed by atoms with Gasteiger partial charge in [-0.2, -0.15) is 0 Å². The predicted molar refractivity (Wildman–Crippen MR) is 109 cm³/mol. The van der Waals surface area contributed by atoms with Crippen LogP contribution in [0, 0.1) is 20.8 Å². The summed E-state index contributed by atoms with van der Waals surface area (Å²) >= 11 is 2.97. The van der Waals surface area contributed by atoms with Gasteiger partial charge in [-0.25, -0.2) is 0 Å². The second kappa shape index (κ2) is 7.76. The number of rotatable bonds is 5. The van der Waals surface area contributed by atoms with Crippen LogP contribution in [-0.2, 0) is 0 Å². The van der Waals surface area contributed by atoms with E-state index in [9.17, 15) is 4.79 Å². The highest BCUT2D eigenvalue weighted by Gasteiger charge is 2.13. The van der Waals surface area contributed by atoms with Crippen LogP contribution in [0.2, 0.25) is 0 Å². The Morgan fingerprint density at radius 3 is 2.36 bits per heavy atom. The summed E-state index contributed by atoms with van der Waals surface area (Å²) in [4.78, 5) is 14.3. The largest absolute Gasteiger partial charge is 0.326 e. The van der Waals surface area contributed by atoms with Gasteiger partial charge >= 0.3 is 0 Å². The predicted octanol–water partition coefficient (Wildman–Crippen LogP) is 6.04. The molecule has 0 saturated carbocycles. The van der Waals surface area contributed by atoms with Crippen LogP contribution in [0.1, 0.15) is 26.4 Å². The number of hydrogen-bond acceptors (Lipinski definition) is 4. The molecule has 3 aromatic rings. The molecule has 0 unspecified atom stereocenters. The van der Waals surface area contributed by atoms with Crippen LogP contribution >= 0.6 is 23.3 Å². The molecular formula is C20H20N2OS2. The summed E-state index contributed by atoms with van der Waals surface area (Å²) in [6, 6.07) is 16.2. The Morgan fingerprint density at radius 2 is 1.68 bits per heavy atom. The molecule has 1 aromatic heterocycles. The molecule has 128 valence electrons. The van der Waals surface area contributed by atoms with Crippen LogP contribution in [0.4, 0.5) is 11.4 Å². The molecule has 0 aliphatic heterocycles. The van der Waals surface area contributed by atoms with E-state index in [1.54, 1.807) is 0 Å². The van der Waals surface area contributed by atoms with Crippen molar-refractivity contribution in [2.75, 3.05) is 10.0 Å². The Bertz CT molecular complexity index is 885. The molecule has 0 atom stereocenters. The zero-order chi connectivity index (χ0) is 17.8. The normalized spacial score (nSPS) is 10.5. The molecule has 2 N–H and O–H groups in total. The molecule has 0 bridgehead atoms. The molecule has 0 radical (unpaired) electrons. The first kappa shape index (κ1) is 17.6. The van der Waals surface area contributed by atoms with Gasteiger partial charge in [0.15, 0.2) is 0 Å². The van der Waals surface area contributed by atoms with Gasteiger partial charge in [0.2, 0.25) is 0 Å². The van der Waals surface area contributed by atoms with E-state index in [2.05, 4.69) is 35.2 Å². The number of nitrogens with one attached hydrogen (secondary N) is 2. The van der Waals surface area contributed by atoms with Crippen LogP contribution in [0.3, 0.4) is 0 Å². The van der Waals surface area contributed by atoms with Gasteiger partial charge in [0.05, 0.1) is 15.5 Å². The molecule has 0 spiro atoms. The molecule has 0 fully saturated rings. The molecule has 2 aromatic carbocycles. The summed E-state index contributed by atoms with van der Waals surface area (Å²) in [7, 11) is 0. The van der Waals surface area contributed by atoms with Gasteiger partial charge in [0, 0.05) is 5.69 Å². The Labute approximate surface area is 156 Å². The van der Waals surface area contributed by atoms with Crippen molar-refractivity contribution in [3.63, 3.8) is 0 Å². The quantitative estimate of drug-likeness (QED) is 0.539. The van der Waals surface area contributed by atoms with Crippen LogP contribution in [0.25, 0.3) is 0 Å². The lowest BCUT2D eigenvalue weighted by atomic mass is 10.2. The standard InChI is InChI=1S/C20H20N2OS2/c1-13-4-7-16(8-5-13)22-25-18-12-14(2)6-9-17(18)21-20(23)19-15(3)10-11-24-19/h4-12,22H,1-3H3,(H,21,23). The monoisotopic (exact) mass is 368 g/mol. The van der Waals surface area contributed by atoms with Gasteiger partial charge in [0.25, 0.3) is 5.91 Å². The molecule has 1 heterocycles. The van der Waals surface area contributed by atoms with Gasteiger partial charge in [-0.15, -0.1) is 11.3 Å². The summed E-state index contributed by atoms with van der Waals surface area (Å²) in [6.45, 7) is 6.07. The first-order valence-electron chi connectivity index (χ1n) is 7.98. The van der Waals surface area contributed by atoms with Crippen LogP contribution in [0.15, 0.2) is 58.8 Å². The van der Waals surface area contributed by atoms with Crippen molar-refractivity contribution in [3.05, 3.63) is 75.5 Å². The molecule has 1 amide bonds. The smallest absolute Gasteiger partial charge is 0.266 e. The van der Waals surface area contributed by atoms with E-state index in [0.717, 1.165) is 32.3 Å². The zero-order valence-electron chi connectivity index (χ0n) is 14.4. The number of benzene rings is 2. The van der Waals surface area contributed by atoms with Gasteiger partial charge in [-0.3, -0.25) is 4.79 Å². The highest BCUT2D eigenvalue weighted by Crippen LogP contribution is 2.30. The average Bonchev–Trinajstić information content (AvgIpc) is 3.02. The van der Waals surface area contributed by atoms with E-state index in [1.165, 1.54) is 28.8 Å². The number of carbonyl (C=O) groups is 1.